The fourth-order valence-electron chi connectivity index (χ4n) is 3.12. The van der Waals surface area contributed by atoms with Gasteiger partial charge in [0.2, 0.25) is 11.6 Å². The third kappa shape index (κ3) is 8.27. The molecule has 0 fully saturated rings. The Kier molecular flexibility index (Phi) is 13.4. The second-order valence-electron chi connectivity index (χ2n) is 8.20. The lowest BCUT2D eigenvalue weighted by Crippen LogP contribution is -2.62. The second kappa shape index (κ2) is 15.2. The van der Waals surface area contributed by atoms with E-state index in [9.17, 15) is 65.4 Å². The van der Waals surface area contributed by atoms with E-state index in [0.717, 1.165) is 0 Å². The van der Waals surface area contributed by atoms with E-state index < -0.39 is 86.6 Å². The molecule has 0 spiro atoms. The minimum atomic E-state index is -3.20. The smallest absolute Gasteiger partial charge is 0.251 e. The fourth-order valence-corrected chi connectivity index (χ4v) is 3.12. The Balaban J connectivity index is 3.28. The Bertz CT molecular complexity index is 832. The maximum atomic E-state index is 12.7. The predicted octanol–water partition coefficient (Wildman–Crippen LogP) is -6.26. The first-order valence-electron chi connectivity index (χ1n) is 11.1. The van der Waals surface area contributed by atoms with Gasteiger partial charge in [-0.3, -0.25) is 4.79 Å². The lowest BCUT2D eigenvalue weighted by atomic mass is 9.99. The monoisotopic (exact) mass is 551 g/mol. The first kappa shape index (κ1) is 33.6. The molecule has 16 heteroatoms. The highest BCUT2D eigenvalue weighted by Crippen LogP contribution is 2.23. The number of carbonyl (C=O) groups excluding carboxylic acids is 3. The van der Waals surface area contributed by atoms with Crippen LogP contribution in [0.5, 0.6) is 0 Å². The van der Waals surface area contributed by atoms with Gasteiger partial charge in [0.15, 0.2) is 12.6 Å². The van der Waals surface area contributed by atoms with Crippen LogP contribution in [-0.2, 0) is 19.1 Å². The van der Waals surface area contributed by atoms with Crippen LogP contribution in [0.4, 0.5) is 0 Å². The van der Waals surface area contributed by atoms with Gasteiger partial charge in [0, 0.05) is 5.56 Å². The van der Waals surface area contributed by atoms with Crippen molar-refractivity contribution in [1.29, 1.82) is 0 Å². The van der Waals surface area contributed by atoms with Gasteiger partial charge in [-0.05, 0) is 12.1 Å². The van der Waals surface area contributed by atoms with Gasteiger partial charge in [0.05, 0.1) is 32.5 Å². The van der Waals surface area contributed by atoms with Gasteiger partial charge in [-0.25, -0.2) is 0 Å². The maximum absolute atomic E-state index is 12.7. The van der Waals surface area contributed by atoms with E-state index in [-0.39, 0.29) is 18.1 Å². The molecule has 16 nitrogen and oxygen atoms in total. The average Bonchev–Trinajstić information content (AvgIpc) is 2.95. The molecule has 1 amide bonds. The number of aliphatic hydroxyl groups is 10. The highest BCUT2D eigenvalue weighted by molar-refractivity contribution is 5.94. The van der Waals surface area contributed by atoms with Crippen molar-refractivity contribution < 1.29 is 74.9 Å². The standard InChI is InChI=1S/C22H33NO15/c24-6-14(28)18(32)21(35,16(30)8-26)37-10-13(23-20(34)12-4-2-1-3-5-12)11-38-22(36,17(31)9-27)19(33)15(29)7-25/h1-7,13-19,26-33,35-36H,8-11H2,(H,23,34)/t14-,15-,16-,17-,18-,19-,21+,22+/m1/s1. The predicted molar refractivity (Wildman–Crippen MR) is 122 cm³/mol. The number of benzene rings is 1. The summed E-state index contributed by atoms with van der Waals surface area (Å²) >= 11 is 0. The molecule has 0 unspecified atom stereocenters. The van der Waals surface area contributed by atoms with Gasteiger partial charge in [-0.15, -0.1) is 0 Å². The van der Waals surface area contributed by atoms with Crippen molar-refractivity contribution >= 4 is 18.5 Å². The minimum Gasteiger partial charge on any atom is -0.393 e. The van der Waals surface area contributed by atoms with Crippen LogP contribution in [0.2, 0.25) is 0 Å². The molecule has 1 aromatic rings. The van der Waals surface area contributed by atoms with E-state index >= 15 is 0 Å². The molecular formula is C22H33NO15. The van der Waals surface area contributed by atoms with E-state index in [0.29, 0.717) is 0 Å². The van der Waals surface area contributed by atoms with Crippen molar-refractivity contribution in [3.8, 4) is 0 Å². The zero-order chi connectivity index (χ0) is 29.1. The van der Waals surface area contributed by atoms with E-state index in [2.05, 4.69) is 5.32 Å². The normalized spacial score (nSPS) is 19.8. The summed E-state index contributed by atoms with van der Waals surface area (Å²) in [6, 6.07) is 5.89. The first-order chi connectivity index (χ1) is 17.8. The topological polar surface area (TPSA) is 284 Å². The van der Waals surface area contributed by atoms with Gasteiger partial charge in [0.25, 0.3) is 5.91 Å². The number of aldehydes is 2. The quantitative estimate of drug-likeness (QED) is 0.0597. The summed E-state index contributed by atoms with van der Waals surface area (Å²) in [5.41, 5.74) is 0.0848. The third-order valence-electron chi connectivity index (χ3n) is 5.48. The second-order valence-corrected chi connectivity index (χ2v) is 8.20. The van der Waals surface area contributed by atoms with Crippen LogP contribution in [0, 0.1) is 0 Å². The molecule has 0 aliphatic carbocycles. The zero-order valence-corrected chi connectivity index (χ0v) is 19.9. The van der Waals surface area contributed by atoms with Gasteiger partial charge in [-0.2, -0.15) is 0 Å². The van der Waals surface area contributed by atoms with Crippen LogP contribution >= 0.6 is 0 Å². The molecule has 0 aromatic heterocycles. The van der Waals surface area contributed by atoms with Crippen LogP contribution in [0.25, 0.3) is 0 Å². The number of hydrogen-bond donors (Lipinski definition) is 11. The molecule has 1 rings (SSSR count). The largest absolute Gasteiger partial charge is 0.393 e. The van der Waals surface area contributed by atoms with Crippen molar-refractivity contribution in [2.24, 2.45) is 0 Å². The van der Waals surface area contributed by atoms with Crippen LogP contribution in [-0.4, -0.2) is 150 Å². The summed E-state index contributed by atoms with van der Waals surface area (Å²) < 4.78 is 10.1. The summed E-state index contributed by atoms with van der Waals surface area (Å²) in [5, 5.41) is 101. The molecule has 0 saturated heterocycles. The Morgan fingerprint density at radius 1 is 0.789 bits per heavy atom. The van der Waals surface area contributed by atoms with Gasteiger partial charge in [-0.1, -0.05) is 18.2 Å². The highest BCUT2D eigenvalue weighted by atomic mass is 16.7. The number of aliphatic hydroxyl groups excluding tert-OH is 8. The summed E-state index contributed by atoms with van der Waals surface area (Å²) in [5.74, 6) is -7.19. The van der Waals surface area contributed by atoms with Gasteiger partial charge >= 0.3 is 0 Å². The molecule has 0 radical (unpaired) electrons. The van der Waals surface area contributed by atoms with E-state index in [4.69, 9.17) is 9.47 Å². The maximum Gasteiger partial charge on any atom is 0.251 e. The first-order valence-corrected chi connectivity index (χ1v) is 11.1. The van der Waals surface area contributed by atoms with Crippen molar-refractivity contribution in [3.05, 3.63) is 35.9 Å². The molecule has 8 atom stereocenters. The minimum absolute atomic E-state index is 0.0848. The molecule has 0 aliphatic rings. The summed E-state index contributed by atoms with van der Waals surface area (Å²) in [7, 11) is 0. The van der Waals surface area contributed by atoms with Crippen LogP contribution < -0.4 is 5.32 Å². The molecule has 11 N–H and O–H groups in total. The van der Waals surface area contributed by atoms with Gasteiger partial charge in [0.1, 0.15) is 36.6 Å². The van der Waals surface area contributed by atoms with Crippen LogP contribution in [0.1, 0.15) is 10.4 Å². The molecule has 0 saturated carbocycles. The Morgan fingerprint density at radius 3 is 1.53 bits per heavy atom. The number of nitrogens with one attached hydrogen (secondary N) is 1. The molecule has 216 valence electrons. The number of carbonyl (C=O) groups is 3. The number of hydrogen-bond acceptors (Lipinski definition) is 15. The van der Waals surface area contributed by atoms with E-state index in [1.54, 1.807) is 6.07 Å². The summed E-state index contributed by atoms with van der Waals surface area (Å²) in [6.45, 7) is -4.36. The number of ether oxygens (including phenoxy) is 2. The van der Waals surface area contributed by atoms with Crippen molar-refractivity contribution in [2.45, 2.75) is 54.2 Å². The fraction of sp³-hybridized carbons (Fsp3) is 0.591. The zero-order valence-electron chi connectivity index (χ0n) is 19.9. The molecular weight excluding hydrogens is 518 g/mol. The van der Waals surface area contributed by atoms with E-state index in [1.807, 2.05) is 0 Å². The van der Waals surface area contributed by atoms with Crippen LogP contribution in [0.15, 0.2) is 30.3 Å². The summed E-state index contributed by atoms with van der Waals surface area (Å²) in [6.07, 6.45) is -14.6. The highest BCUT2D eigenvalue weighted by Gasteiger charge is 2.49. The van der Waals surface area contributed by atoms with Crippen molar-refractivity contribution in [3.63, 3.8) is 0 Å². The van der Waals surface area contributed by atoms with Crippen LogP contribution in [0.3, 0.4) is 0 Å². The summed E-state index contributed by atoms with van der Waals surface area (Å²) in [4.78, 5) is 34.4. The SMILES string of the molecule is O=C[C@@H](O)[C@@H](O)[C@@](O)(OCC(CO[C@@](O)([C@H](O)CO)[C@H](O)[C@H](O)C=O)NC(=O)c1ccccc1)[C@H](O)CO. The Morgan fingerprint density at radius 2 is 1.18 bits per heavy atom. The van der Waals surface area contributed by atoms with Crippen molar-refractivity contribution in [2.75, 3.05) is 26.4 Å². The molecule has 0 heterocycles. The molecule has 1 aromatic carbocycles. The average molecular weight is 551 g/mol. The Hall–Kier alpha value is -2.45. The molecule has 0 aliphatic heterocycles. The van der Waals surface area contributed by atoms with E-state index in [1.165, 1.54) is 24.3 Å². The lowest BCUT2D eigenvalue weighted by molar-refractivity contribution is -0.327. The Labute approximate surface area is 215 Å². The third-order valence-corrected chi connectivity index (χ3v) is 5.48. The number of amides is 1. The number of rotatable bonds is 18. The van der Waals surface area contributed by atoms with Gasteiger partial charge < -0.3 is 75.4 Å². The lowest BCUT2D eigenvalue weighted by Gasteiger charge is -2.39. The molecule has 38 heavy (non-hydrogen) atoms. The van der Waals surface area contributed by atoms with Crippen molar-refractivity contribution in [1.82, 2.24) is 5.32 Å². The molecule has 0 bridgehead atoms.